The van der Waals surface area contributed by atoms with Gasteiger partial charge in [-0.3, -0.25) is 14.2 Å². The van der Waals surface area contributed by atoms with Gasteiger partial charge in [0.25, 0.3) is 11.5 Å². The molecule has 0 aliphatic rings. The van der Waals surface area contributed by atoms with Gasteiger partial charge in [0.15, 0.2) is 0 Å². The molecular formula is C21H17F4N3O2. The van der Waals surface area contributed by atoms with Crippen molar-refractivity contribution in [1.82, 2.24) is 9.88 Å². The number of nitrogens with zero attached hydrogens (tertiary/aromatic N) is 1. The van der Waals surface area contributed by atoms with Crippen molar-refractivity contribution in [2.24, 2.45) is 0 Å². The lowest BCUT2D eigenvalue weighted by atomic mass is 10.0. The maximum Gasteiger partial charge on any atom is 0.416 e. The molecule has 1 aromatic heterocycles. The van der Waals surface area contributed by atoms with Crippen LogP contribution in [0, 0.1) is 5.82 Å². The lowest BCUT2D eigenvalue weighted by molar-refractivity contribution is -0.137. The van der Waals surface area contributed by atoms with Crippen LogP contribution in [0.3, 0.4) is 0 Å². The Labute approximate surface area is 168 Å². The molecule has 1 heterocycles. The predicted molar refractivity (Wildman–Crippen MR) is 104 cm³/mol. The Morgan fingerprint density at radius 1 is 1.10 bits per heavy atom. The predicted octanol–water partition coefficient (Wildman–Crippen LogP) is 4.07. The van der Waals surface area contributed by atoms with Gasteiger partial charge in [0.2, 0.25) is 0 Å². The van der Waals surface area contributed by atoms with E-state index in [1.807, 2.05) is 0 Å². The molecule has 0 spiro atoms. The Bertz CT molecular complexity index is 1160. The maximum absolute atomic E-state index is 14.0. The van der Waals surface area contributed by atoms with E-state index in [4.69, 9.17) is 5.73 Å². The highest BCUT2D eigenvalue weighted by Gasteiger charge is 2.31. The zero-order valence-corrected chi connectivity index (χ0v) is 15.7. The largest absolute Gasteiger partial charge is 0.416 e. The van der Waals surface area contributed by atoms with Crippen LogP contribution in [0.2, 0.25) is 0 Å². The van der Waals surface area contributed by atoms with E-state index in [0.717, 1.165) is 22.8 Å². The summed E-state index contributed by atoms with van der Waals surface area (Å²) in [7, 11) is 0. The van der Waals surface area contributed by atoms with Crippen LogP contribution in [0.4, 0.5) is 23.2 Å². The number of carbonyl (C=O) groups excluding carboxylic acids is 1. The minimum Gasteiger partial charge on any atom is -0.399 e. The molecule has 0 bridgehead atoms. The van der Waals surface area contributed by atoms with E-state index in [2.05, 4.69) is 5.32 Å². The van der Waals surface area contributed by atoms with Crippen molar-refractivity contribution in [2.45, 2.75) is 19.1 Å². The number of anilines is 1. The topological polar surface area (TPSA) is 77.1 Å². The molecule has 3 N–H and O–H groups in total. The highest BCUT2D eigenvalue weighted by Crippen LogP contribution is 2.32. The average molecular weight is 419 g/mol. The average Bonchev–Trinajstić information content (AvgIpc) is 2.67. The zero-order valence-electron chi connectivity index (χ0n) is 15.7. The van der Waals surface area contributed by atoms with Crippen molar-refractivity contribution in [3.63, 3.8) is 0 Å². The molecule has 0 aliphatic carbocycles. The molecule has 2 aromatic carbocycles. The first-order valence-electron chi connectivity index (χ1n) is 8.82. The van der Waals surface area contributed by atoms with Gasteiger partial charge in [-0.2, -0.15) is 13.2 Å². The van der Waals surface area contributed by atoms with Gasteiger partial charge in [0.1, 0.15) is 5.82 Å². The Kier molecular flexibility index (Phi) is 5.64. The van der Waals surface area contributed by atoms with Crippen LogP contribution in [0.5, 0.6) is 0 Å². The van der Waals surface area contributed by atoms with E-state index in [0.29, 0.717) is 0 Å². The molecule has 1 amide bonds. The molecule has 5 nitrogen and oxygen atoms in total. The highest BCUT2D eigenvalue weighted by atomic mass is 19.4. The summed E-state index contributed by atoms with van der Waals surface area (Å²) in [5.74, 6) is -1.30. The minimum atomic E-state index is -4.58. The van der Waals surface area contributed by atoms with Crippen LogP contribution >= 0.6 is 0 Å². The molecule has 1 atom stereocenters. The molecule has 0 radical (unpaired) electrons. The smallest absolute Gasteiger partial charge is 0.399 e. The molecule has 0 aliphatic heterocycles. The monoisotopic (exact) mass is 419 g/mol. The first-order chi connectivity index (χ1) is 14.1. The molecule has 3 aromatic rings. The summed E-state index contributed by atoms with van der Waals surface area (Å²) in [6.07, 6.45) is -3.41. The quantitative estimate of drug-likeness (QED) is 0.495. The molecule has 0 saturated carbocycles. The number of nitrogens with one attached hydrogen (secondary N) is 1. The number of hydrogen-bond donors (Lipinski definition) is 2. The number of nitrogens with two attached hydrogens (primary N) is 1. The number of amides is 1. The van der Waals surface area contributed by atoms with Crippen molar-refractivity contribution in [1.29, 1.82) is 0 Å². The molecule has 9 heteroatoms. The third-order valence-electron chi connectivity index (χ3n) is 4.44. The lowest BCUT2D eigenvalue weighted by Crippen LogP contribution is -2.29. The Balaban J connectivity index is 1.88. The van der Waals surface area contributed by atoms with Gasteiger partial charge >= 0.3 is 6.18 Å². The van der Waals surface area contributed by atoms with Crippen LogP contribution in [-0.4, -0.2) is 10.5 Å². The fraction of sp³-hybridized carbons (Fsp3) is 0.143. The second-order valence-corrected chi connectivity index (χ2v) is 6.66. The van der Waals surface area contributed by atoms with Crippen molar-refractivity contribution in [3.05, 3.63) is 93.7 Å². The normalized spacial score (nSPS) is 12.4. The second-order valence-electron chi connectivity index (χ2n) is 6.66. The fourth-order valence-electron chi connectivity index (χ4n) is 2.91. The number of rotatable bonds is 4. The van der Waals surface area contributed by atoms with E-state index in [1.54, 1.807) is 0 Å². The summed E-state index contributed by atoms with van der Waals surface area (Å²) < 4.78 is 54.0. The summed E-state index contributed by atoms with van der Waals surface area (Å²) in [5, 5.41) is 2.56. The summed E-state index contributed by atoms with van der Waals surface area (Å²) in [6.45, 7) is 1.50. The van der Waals surface area contributed by atoms with Crippen molar-refractivity contribution in [3.8, 4) is 5.69 Å². The summed E-state index contributed by atoms with van der Waals surface area (Å²) in [4.78, 5) is 24.7. The summed E-state index contributed by atoms with van der Waals surface area (Å²) in [5.41, 5.74) is 4.17. The number of aromatic nitrogens is 1. The van der Waals surface area contributed by atoms with Crippen molar-refractivity contribution >= 4 is 11.6 Å². The van der Waals surface area contributed by atoms with Gasteiger partial charge in [0, 0.05) is 18.0 Å². The van der Waals surface area contributed by atoms with Crippen molar-refractivity contribution < 1.29 is 22.4 Å². The van der Waals surface area contributed by atoms with Gasteiger partial charge in [0.05, 0.1) is 22.9 Å². The number of alkyl halides is 3. The van der Waals surface area contributed by atoms with E-state index >= 15 is 0 Å². The Morgan fingerprint density at radius 2 is 1.80 bits per heavy atom. The van der Waals surface area contributed by atoms with E-state index in [9.17, 15) is 27.2 Å². The molecule has 0 saturated heterocycles. The van der Waals surface area contributed by atoms with Gasteiger partial charge in [-0.25, -0.2) is 4.39 Å². The molecule has 0 fully saturated rings. The molecule has 156 valence electrons. The number of nitrogen functional groups attached to an aromatic ring is 1. The van der Waals surface area contributed by atoms with E-state index < -0.39 is 35.1 Å². The number of benzene rings is 2. The van der Waals surface area contributed by atoms with Gasteiger partial charge < -0.3 is 11.1 Å². The Morgan fingerprint density at radius 3 is 2.47 bits per heavy atom. The van der Waals surface area contributed by atoms with Crippen molar-refractivity contribution in [2.75, 3.05) is 5.73 Å². The Hall–Kier alpha value is -3.62. The SMILES string of the molecule is C[C@@H](NC(=O)c1ccc(=O)n(-c2ccccc2F)c1)c1cc(N)cc(C(F)(F)F)c1. The van der Waals surface area contributed by atoms with Crippen LogP contribution < -0.4 is 16.6 Å². The zero-order chi connectivity index (χ0) is 22.1. The molecule has 30 heavy (non-hydrogen) atoms. The maximum atomic E-state index is 14.0. The fourth-order valence-corrected chi connectivity index (χ4v) is 2.91. The second kappa shape index (κ2) is 8.02. The third-order valence-corrected chi connectivity index (χ3v) is 4.44. The number of para-hydroxylation sites is 1. The van der Waals surface area contributed by atoms with Gasteiger partial charge in [-0.1, -0.05) is 12.1 Å². The number of halogens is 4. The number of hydrogen-bond acceptors (Lipinski definition) is 3. The van der Waals surface area contributed by atoms with Gasteiger partial charge in [-0.15, -0.1) is 0 Å². The van der Waals surface area contributed by atoms with Crippen LogP contribution in [0.15, 0.2) is 65.6 Å². The van der Waals surface area contributed by atoms with E-state index in [-0.39, 0.29) is 22.5 Å². The molecule has 3 rings (SSSR count). The first kappa shape index (κ1) is 21.1. The minimum absolute atomic E-state index is 0.0316. The van der Waals surface area contributed by atoms with Crippen LogP contribution in [-0.2, 0) is 6.18 Å². The van der Waals surface area contributed by atoms with Crippen LogP contribution in [0.1, 0.15) is 34.5 Å². The molecule has 0 unspecified atom stereocenters. The van der Waals surface area contributed by atoms with Gasteiger partial charge in [-0.05, 0) is 48.9 Å². The highest BCUT2D eigenvalue weighted by molar-refractivity contribution is 5.94. The standard InChI is InChI=1S/C21H17F4N3O2/c1-12(14-8-15(21(23,24)25)10-16(26)9-14)27-20(30)13-6-7-19(29)28(11-13)18-5-3-2-4-17(18)22/h2-12H,26H2,1H3,(H,27,30)/t12-/m1/s1. The number of pyridine rings is 1. The molecular weight excluding hydrogens is 402 g/mol. The third kappa shape index (κ3) is 4.51. The summed E-state index contributed by atoms with van der Waals surface area (Å²) in [6, 6.07) is 10.2. The first-order valence-corrected chi connectivity index (χ1v) is 8.82. The van der Waals surface area contributed by atoms with Crippen LogP contribution in [0.25, 0.3) is 5.69 Å². The van der Waals surface area contributed by atoms with E-state index in [1.165, 1.54) is 49.5 Å². The lowest BCUT2D eigenvalue weighted by Gasteiger charge is -2.17. The summed E-state index contributed by atoms with van der Waals surface area (Å²) >= 11 is 0. The number of carbonyl (C=O) groups is 1.